The molecule has 1 amide bonds. The first-order valence-corrected chi connectivity index (χ1v) is 7.75. The van der Waals surface area contributed by atoms with E-state index in [0.29, 0.717) is 12.3 Å². The first kappa shape index (κ1) is 15.0. The second-order valence-corrected chi connectivity index (χ2v) is 6.00. The van der Waals surface area contributed by atoms with Crippen LogP contribution in [-0.2, 0) is 10.0 Å². The Kier molecular flexibility index (Phi) is 4.27. The zero-order chi connectivity index (χ0) is 15.5. The van der Waals surface area contributed by atoms with Crippen molar-refractivity contribution in [3.05, 3.63) is 41.7 Å². The van der Waals surface area contributed by atoms with Crippen molar-refractivity contribution in [1.82, 2.24) is 10.5 Å². The molecule has 112 valence electrons. The highest BCUT2D eigenvalue weighted by Gasteiger charge is 2.17. The van der Waals surface area contributed by atoms with E-state index in [-0.39, 0.29) is 22.2 Å². The number of carbonyl (C=O) groups excluding carboxylic acids is 1. The highest BCUT2D eigenvalue weighted by molar-refractivity contribution is 7.92. The van der Waals surface area contributed by atoms with Crippen LogP contribution in [0.25, 0.3) is 0 Å². The van der Waals surface area contributed by atoms with E-state index in [1.54, 1.807) is 19.9 Å². The summed E-state index contributed by atoms with van der Waals surface area (Å²) in [6, 6.07) is 7.22. The van der Waals surface area contributed by atoms with Crippen LogP contribution in [0.15, 0.2) is 39.8 Å². The topological polar surface area (TPSA) is 101 Å². The summed E-state index contributed by atoms with van der Waals surface area (Å²) in [4.78, 5) is 11.7. The molecular weight excluding hydrogens is 294 g/mol. The normalized spacial score (nSPS) is 11.1. The molecule has 0 aliphatic rings. The van der Waals surface area contributed by atoms with Crippen LogP contribution < -0.4 is 10.0 Å². The van der Waals surface area contributed by atoms with Gasteiger partial charge in [-0.05, 0) is 32.0 Å². The summed E-state index contributed by atoms with van der Waals surface area (Å²) in [6.45, 7) is 3.90. The van der Waals surface area contributed by atoms with E-state index in [1.807, 2.05) is 0 Å². The summed E-state index contributed by atoms with van der Waals surface area (Å²) >= 11 is 0. The minimum Gasteiger partial charge on any atom is -0.360 e. The lowest BCUT2D eigenvalue weighted by Gasteiger charge is -2.07. The fourth-order valence-electron chi connectivity index (χ4n) is 1.68. The zero-order valence-electron chi connectivity index (χ0n) is 11.6. The molecule has 2 N–H and O–H groups in total. The van der Waals surface area contributed by atoms with Gasteiger partial charge >= 0.3 is 0 Å². The van der Waals surface area contributed by atoms with Crippen molar-refractivity contribution < 1.29 is 17.7 Å². The molecule has 7 nitrogen and oxygen atoms in total. The van der Waals surface area contributed by atoms with Gasteiger partial charge in [0.1, 0.15) is 5.76 Å². The molecule has 0 saturated heterocycles. The van der Waals surface area contributed by atoms with Gasteiger partial charge in [0, 0.05) is 18.2 Å². The van der Waals surface area contributed by atoms with Crippen LogP contribution in [0.3, 0.4) is 0 Å². The molecule has 8 heteroatoms. The molecule has 0 aliphatic heterocycles. The highest BCUT2D eigenvalue weighted by atomic mass is 32.2. The van der Waals surface area contributed by atoms with E-state index < -0.39 is 10.0 Å². The summed E-state index contributed by atoms with van der Waals surface area (Å²) in [7, 11) is -3.82. The van der Waals surface area contributed by atoms with Crippen LogP contribution in [0.2, 0.25) is 0 Å². The zero-order valence-corrected chi connectivity index (χ0v) is 12.4. The van der Waals surface area contributed by atoms with Crippen molar-refractivity contribution in [2.45, 2.75) is 18.7 Å². The van der Waals surface area contributed by atoms with Crippen LogP contribution in [0.4, 0.5) is 5.82 Å². The summed E-state index contributed by atoms with van der Waals surface area (Å²) in [6.07, 6.45) is 0. The van der Waals surface area contributed by atoms with Crippen molar-refractivity contribution in [1.29, 1.82) is 0 Å². The monoisotopic (exact) mass is 309 g/mol. The van der Waals surface area contributed by atoms with E-state index in [4.69, 9.17) is 4.52 Å². The number of nitrogens with one attached hydrogen (secondary N) is 2. The van der Waals surface area contributed by atoms with Crippen molar-refractivity contribution in [3.63, 3.8) is 0 Å². The van der Waals surface area contributed by atoms with Crippen LogP contribution in [0, 0.1) is 6.92 Å². The van der Waals surface area contributed by atoms with E-state index in [9.17, 15) is 13.2 Å². The summed E-state index contributed by atoms with van der Waals surface area (Å²) in [5.74, 6) is 0.256. The molecule has 2 rings (SSSR count). The Balaban J connectivity index is 2.28. The Morgan fingerprint density at radius 1 is 1.33 bits per heavy atom. The van der Waals surface area contributed by atoms with Gasteiger partial charge in [0.25, 0.3) is 15.9 Å². The van der Waals surface area contributed by atoms with Gasteiger partial charge < -0.3 is 9.84 Å². The third kappa shape index (κ3) is 3.60. The van der Waals surface area contributed by atoms with E-state index in [0.717, 1.165) is 0 Å². The smallest absolute Gasteiger partial charge is 0.263 e. The number of anilines is 1. The molecular formula is C13H15N3O4S. The molecule has 21 heavy (non-hydrogen) atoms. The molecule has 1 heterocycles. The number of aryl methyl sites for hydroxylation is 1. The molecule has 0 unspecified atom stereocenters. The number of carbonyl (C=O) groups is 1. The maximum absolute atomic E-state index is 12.2. The molecule has 2 aromatic rings. The first-order chi connectivity index (χ1) is 9.92. The number of nitrogens with zero attached hydrogens (tertiary/aromatic N) is 1. The van der Waals surface area contributed by atoms with Gasteiger partial charge in [-0.3, -0.25) is 9.52 Å². The average Bonchev–Trinajstić information content (AvgIpc) is 2.84. The quantitative estimate of drug-likeness (QED) is 0.872. The molecule has 0 atom stereocenters. The van der Waals surface area contributed by atoms with Gasteiger partial charge in [-0.1, -0.05) is 11.2 Å². The Bertz CT molecular complexity index is 752. The Hall–Kier alpha value is -2.35. The van der Waals surface area contributed by atoms with Crippen molar-refractivity contribution in [2.75, 3.05) is 11.3 Å². The van der Waals surface area contributed by atoms with Gasteiger partial charge in [-0.25, -0.2) is 8.42 Å². The van der Waals surface area contributed by atoms with Gasteiger partial charge in [0.15, 0.2) is 5.82 Å². The number of sulfonamides is 1. The molecule has 0 bridgehead atoms. The van der Waals surface area contributed by atoms with Crippen molar-refractivity contribution in [3.8, 4) is 0 Å². The van der Waals surface area contributed by atoms with E-state index in [2.05, 4.69) is 15.2 Å². The number of amides is 1. The second-order valence-electron chi connectivity index (χ2n) is 4.32. The Labute approximate surface area is 122 Å². The predicted molar refractivity (Wildman–Crippen MR) is 76.5 cm³/mol. The first-order valence-electron chi connectivity index (χ1n) is 6.27. The maximum Gasteiger partial charge on any atom is 0.263 e. The maximum atomic E-state index is 12.2. The van der Waals surface area contributed by atoms with E-state index >= 15 is 0 Å². The fraction of sp³-hybridized carbons (Fsp3) is 0.231. The van der Waals surface area contributed by atoms with E-state index in [1.165, 1.54) is 24.3 Å². The lowest BCUT2D eigenvalue weighted by Crippen LogP contribution is -2.23. The van der Waals surface area contributed by atoms with Gasteiger partial charge in [0.2, 0.25) is 0 Å². The standard InChI is InChI=1S/C13H15N3O4S/c1-3-14-13(17)10-5-4-6-11(8-10)21(18,19)16-12-7-9(2)20-15-12/h4-8H,3H2,1-2H3,(H,14,17)(H,15,16). The van der Waals surface area contributed by atoms with Gasteiger partial charge in [0.05, 0.1) is 4.90 Å². The number of rotatable bonds is 5. The third-order valence-corrected chi connectivity index (χ3v) is 3.96. The molecule has 0 fully saturated rings. The highest BCUT2D eigenvalue weighted by Crippen LogP contribution is 2.17. The number of aromatic nitrogens is 1. The fourth-order valence-corrected chi connectivity index (χ4v) is 2.71. The molecule has 1 aromatic heterocycles. The number of hydrogen-bond acceptors (Lipinski definition) is 5. The molecule has 0 spiro atoms. The van der Waals surface area contributed by atoms with Crippen LogP contribution in [0.5, 0.6) is 0 Å². The van der Waals surface area contributed by atoms with Crippen LogP contribution in [-0.4, -0.2) is 26.0 Å². The molecule has 1 aromatic carbocycles. The largest absolute Gasteiger partial charge is 0.360 e. The molecule has 0 aliphatic carbocycles. The number of hydrogen-bond donors (Lipinski definition) is 2. The lowest BCUT2D eigenvalue weighted by molar-refractivity contribution is 0.0955. The summed E-state index contributed by atoms with van der Waals surface area (Å²) < 4.78 is 31.5. The van der Waals surface area contributed by atoms with Crippen molar-refractivity contribution >= 4 is 21.7 Å². The molecule has 0 radical (unpaired) electrons. The van der Waals surface area contributed by atoms with Crippen molar-refractivity contribution in [2.24, 2.45) is 0 Å². The summed E-state index contributed by atoms with van der Waals surface area (Å²) in [5.41, 5.74) is 0.274. The Morgan fingerprint density at radius 2 is 2.10 bits per heavy atom. The summed E-state index contributed by atoms with van der Waals surface area (Å²) in [5, 5.41) is 6.18. The lowest BCUT2D eigenvalue weighted by atomic mass is 10.2. The average molecular weight is 309 g/mol. The van der Waals surface area contributed by atoms with Crippen LogP contribution in [0.1, 0.15) is 23.0 Å². The minimum absolute atomic E-state index is 0.0214. The van der Waals surface area contributed by atoms with Crippen LogP contribution >= 0.6 is 0 Å². The minimum atomic E-state index is -3.82. The third-order valence-electron chi connectivity index (χ3n) is 2.61. The number of benzene rings is 1. The van der Waals surface area contributed by atoms with Gasteiger partial charge in [-0.2, -0.15) is 0 Å². The van der Waals surface area contributed by atoms with Gasteiger partial charge in [-0.15, -0.1) is 0 Å². The Morgan fingerprint density at radius 3 is 2.71 bits per heavy atom. The molecule has 0 saturated carbocycles. The second kappa shape index (κ2) is 5.96. The predicted octanol–water partition coefficient (Wildman–Crippen LogP) is 1.53. The SMILES string of the molecule is CCNC(=O)c1cccc(S(=O)(=O)Nc2cc(C)on2)c1.